The Morgan fingerprint density at radius 3 is 2.20 bits per heavy atom. The Kier molecular flexibility index (Phi) is 16.8. The van der Waals surface area contributed by atoms with Crippen LogP contribution >= 0.6 is 0 Å². The van der Waals surface area contributed by atoms with Gasteiger partial charge in [-0.3, -0.25) is 28.8 Å². The van der Waals surface area contributed by atoms with Crippen LogP contribution in [0.25, 0.3) is 11.3 Å². The van der Waals surface area contributed by atoms with E-state index in [1.165, 1.54) is 36.1 Å². The molecular weight excluding hydrogens is 857 g/mol. The van der Waals surface area contributed by atoms with E-state index in [0.29, 0.717) is 17.2 Å². The van der Waals surface area contributed by atoms with Crippen LogP contribution in [0.3, 0.4) is 0 Å². The standard InChI is InChI=1S/C47H55F2N9O8/c1-28(38(60)23-30(11-8-21-52-46(51)66)44(64)54-32-13-15-33(16-14-32)58-39(61)18-19-40(58)62)53-45(65)36(50)20-22-57(41(63)27-59)42(47(2,3)4)43-55-37(34-24-31(48)12-17-35(34)49)26-56(43)25-29-9-6-5-7-10-29/h5-7,9-10,12-19,24,26,28,30,36,42,59H,8,11,20-23,25,27,50H2,1-4H3,(H,53,65)(H,54,64)(H3,51,52,66)/t28-,30+,36-,42-/m0/s1. The molecule has 1 aliphatic rings. The van der Waals surface area contributed by atoms with E-state index in [2.05, 4.69) is 16.0 Å². The molecule has 0 radical (unpaired) electrons. The van der Waals surface area contributed by atoms with Gasteiger partial charge in [-0.1, -0.05) is 51.1 Å². The van der Waals surface area contributed by atoms with Crippen molar-refractivity contribution in [3.8, 4) is 11.3 Å². The summed E-state index contributed by atoms with van der Waals surface area (Å²) in [7, 11) is 0. The molecular formula is C47H55F2N9O8. The molecule has 66 heavy (non-hydrogen) atoms. The number of nitrogens with one attached hydrogen (secondary N) is 3. The zero-order valence-corrected chi connectivity index (χ0v) is 37.1. The maximum Gasteiger partial charge on any atom is 0.312 e. The number of rotatable bonds is 21. The summed E-state index contributed by atoms with van der Waals surface area (Å²) in [6, 6.07) is 14.2. The SMILES string of the molecule is C[C@H](NC(=O)[C@@H](N)CCN(C(=O)CO)[C@@H](c1nc(-c2cc(F)ccc2F)cn1Cc1ccccc1)C(C)(C)C)C(=O)C[C@@H](CCCNC(N)=O)C(=O)Nc1ccc(N2C(=O)C=CC2=O)cc1. The van der Waals surface area contributed by atoms with Gasteiger partial charge in [0.05, 0.1) is 29.5 Å². The smallest absolute Gasteiger partial charge is 0.312 e. The third kappa shape index (κ3) is 13.0. The number of carbonyl (C=O) groups excluding carboxylic acids is 7. The van der Waals surface area contributed by atoms with Crippen molar-refractivity contribution in [2.24, 2.45) is 22.8 Å². The number of carbonyl (C=O) groups is 7. The Hall–Kier alpha value is -7.12. The lowest BCUT2D eigenvalue weighted by atomic mass is 9.84. The molecule has 19 heteroatoms. The number of halogens is 2. The minimum atomic E-state index is -1.26. The fourth-order valence-electron chi connectivity index (χ4n) is 7.57. The molecule has 3 aromatic carbocycles. The van der Waals surface area contributed by atoms with Crippen molar-refractivity contribution < 1.29 is 47.4 Å². The third-order valence-corrected chi connectivity index (χ3v) is 10.9. The van der Waals surface area contributed by atoms with Gasteiger partial charge in [-0.25, -0.2) is 23.5 Å². The predicted molar refractivity (Wildman–Crippen MR) is 241 cm³/mol. The van der Waals surface area contributed by atoms with Gasteiger partial charge in [0.15, 0.2) is 5.78 Å². The highest BCUT2D eigenvalue weighted by molar-refractivity contribution is 6.28. The zero-order chi connectivity index (χ0) is 48.3. The first-order chi connectivity index (χ1) is 31.3. The number of nitrogens with zero attached hydrogens (tertiary/aromatic N) is 4. The molecule has 17 nitrogen and oxygen atoms in total. The summed E-state index contributed by atoms with van der Waals surface area (Å²) in [6.07, 6.45) is 3.83. The molecule has 0 bridgehead atoms. The van der Waals surface area contributed by atoms with Crippen molar-refractivity contribution in [2.75, 3.05) is 29.9 Å². The van der Waals surface area contributed by atoms with Crippen LogP contribution in [0.1, 0.15) is 70.8 Å². The summed E-state index contributed by atoms with van der Waals surface area (Å²) in [6.45, 7) is 6.27. The highest BCUT2D eigenvalue weighted by atomic mass is 19.1. The number of amides is 7. The molecule has 0 unspecified atom stereocenters. The summed E-state index contributed by atoms with van der Waals surface area (Å²) >= 11 is 0. The average Bonchev–Trinajstić information content (AvgIpc) is 3.84. The first-order valence-corrected chi connectivity index (χ1v) is 21.3. The van der Waals surface area contributed by atoms with Crippen LogP contribution in [0.5, 0.6) is 0 Å². The predicted octanol–water partition coefficient (Wildman–Crippen LogP) is 4.10. The van der Waals surface area contributed by atoms with Crippen LogP contribution < -0.4 is 32.3 Å². The molecule has 1 aromatic heterocycles. The lowest BCUT2D eigenvalue weighted by Gasteiger charge is -2.40. The Bertz CT molecular complexity index is 2440. The molecule has 0 spiro atoms. The Morgan fingerprint density at radius 2 is 1.58 bits per heavy atom. The Balaban J connectivity index is 1.29. The summed E-state index contributed by atoms with van der Waals surface area (Å²) in [4.78, 5) is 96.8. The summed E-state index contributed by atoms with van der Waals surface area (Å²) in [5, 5.41) is 18.0. The highest BCUT2D eigenvalue weighted by Crippen LogP contribution is 2.40. The normalized spacial score (nSPS) is 14.3. The van der Waals surface area contributed by atoms with Gasteiger partial charge >= 0.3 is 6.03 Å². The fraction of sp³-hybridized carbons (Fsp3) is 0.362. The van der Waals surface area contributed by atoms with Crippen molar-refractivity contribution in [3.05, 3.63) is 114 Å². The number of Topliss-reactive ketones (excluding diaryl/α,β-unsaturated/α-hetero) is 1. The van der Waals surface area contributed by atoms with Gasteiger partial charge in [-0.2, -0.15) is 0 Å². The second-order valence-corrected chi connectivity index (χ2v) is 17.0. The maximum atomic E-state index is 15.1. The van der Waals surface area contributed by atoms with E-state index in [1.807, 2.05) is 51.1 Å². The lowest BCUT2D eigenvalue weighted by Crippen LogP contribution is -2.50. The van der Waals surface area contributed by atoms with Crippen LogP contribution in [0.15, 0.2) is 91.1 Å². The maximum absolute atomic E-state index is 15.1. The third-order valence-electron chi connectivity index (χ3n) is 10.9. The number of nitrogens with two attached hydrogens (primary N) is 2. The number of hydrogen-bond acceptors (Lipinski definition) is 10. The van der Waals surface area contributed by atoms with Gasteiger partial charge in [-0.15, -0.1) is 0 Å². The molecule has 2 heterocycles. The number of imide groups is 1. The minimum Gasteiger partial charge on any atom is -0.387 e. The molecule has 0 saturated carbocycles. The number of primary amides is 1. The average molecular weight is 912 g/mol. The van der Waals surface area contributed by atoms with E-state index in [9.17, 15) is 43.1 Å². The number of urea groups is 1. The van der Waals surface area contributed by atoms with Crippen molar-refractivity contribution in [3.63, 3.8) is 0 Å². The van der Waals surface area contributed by atoms with Crippen LogP contribution in [-0.2, 0) is 35.3 Å². The first-order valence-electron chi connectivity index (χ1n) is 21.3. The monoisotopic (exact) mass is 911 g/mol. The molecule has 0 saturated heterocycles. The van der Waals surface area contributed by atoms with E-state index in [-0.39, 0.29) is 56.6 Å². The summed E-state index contributed by atoms with van der Waals surface area (Å²) in [5.41, 5.74) is 12.3. The molecule has 0 aliphatic carbocycles. The van der Waals surface area contributed by atoms with E-state index in [0.717, 1.165) is 40.8 Å². The molecule has 8 N–H and O–H groups in total. The number of ketones is 1. The van der Waals surface area contributed by atoms with Gasteiger partial charge in [0.2, 0.25) is 17.7 Å². The summed E-state index contributed by atoms with van der Waals surface area (Å²) in [5.74, 6) is -5.50. The highest BCUT2D eigenvalue weighted by Gasteiger charge is 2.39. The molecule has 0 fully saturated rings. The number of aromatic nitrogens is 2. The molecule has 7 amide bonds. The van der Waals surface area contributed by atoms with Crippen LogP contribution in [0.4, 0.5) is 25.0 Å². The summed E-state index contributed by atoms with van der Waals surface area (Å²) < 4.78 is 31.2. The van der Waals surface area contributed by atoms with Crippen LogP contribution in [0.2, 0.25) is 0 Å². The zero-order valence-electron chi connectivity index (χ0n) is 37.1. The van der Waals surface area contributed by atoms with E-state index >= 15 is 4.39 Å². The van der Waals surface area contributed by atoms with Crippen molar-refractivity contribution in [1.82, 2.24) is 25.1 Å². The minimum absolute atomic E-state index is 0.0924. The van der Waals surface area contributed by atoms with Crippen LogP contribution in [-0.4, -0.2) is 92.7 Å². The molecule has 4 atom stereocenters. The van der Waals surface area contributed by atoms with E-state index < -0.39 is 89.1 Å². The topological polar surface area (TPSA) is 252 Å². The number of aliphatic hydroxyl groups excluding tert-OH is 1. The number of anilines is 2. The lowest BCUT2D eigenvalue weighted by molar-refractivity contribution is -0.140. The Morgan fingerprint density at radius 1 is 0.909 bits per heavy atom. The molecule has 5 rings (SSSR count). The van der Waals surface area contributed by atoms with Gasteiger partial charge in [0, 0.05) is 61.6 Å². The van der Waals surface area contributed by atoms with Gasteiger partial charge in [0.25, 0.3) is 11.8 Å². The quantitative estimate of drug-likeness (QED) is 0.0516. The number of hydrogen-bond donors (Lipinski definition) is 6. The van der Waals surface area contributed by atoms with Gasteiger partial charge < -0.3 is 42.0 Å². The van der Waals surface area contributed by atoms with E-state index in [1.54, 1.807) is 10.8 Å². The number of benzene rings is 3. The second-order valence-electron chi connectivity index (χ2n) is 17.0. The number of imidazole rings is 1. The van der Waals surface area contributed by atoms with Crippen molar-refractivity contribution in [2.45, 2.75) is 78.0 Å². The van der Waals surface area contributed by atoms with Gasteiger partial charge in [-0.05, 0) is 79.6 Å². The number of aliphatic hydroxyl groups is 1. The molecule has 1 aliphatic heterocycles. The fourth-order valence-corrected chi connectivity index (χ4v) is 7.57. The van der Waals surface area contributed by atoms with Crippen molar-refractivity contribution in [1.29, 1.82) is 0 Å². The van der Waals surface area contributed by atoms with Crippen molar-refractivity contribution >= 4 is 52.7 Å². The van der Waals surface area contributed by atoms with Gasteiger partial charge in [0.1, 0.15) is 24.1 Å². The Labute approximate surface area is 380 Å². The van der Waals surface area contributed by atoms with Crippen LogP contribution in [0, 0.1) is 23.0 Å². The molecule has 350 valence electrons. The first kappa shape index (κ1) is 49.9. The largest absolute Gasteiger partial charge is 0.387 e. The molecule has 4 aromatic rings. The van der Waals surface area contributed by atoms with E-state index in [4.69, 9.17) is 16.5 Å². The second kappa shape index (κ2) is 22.2.